The van der Waals surface area contributed by atoms with Gasteiger partial charge in [0.15, 0.2) is 5.70 Å². The van der Waals surface area contributed by atoms with Gasteiger partial charge in [0.05, 0.1) is 5.57 Å². The Kier molecular flexibility index (Phi) is 4.01. The molecule has 4 nitrogen and oxygen atoms in total. The number of hydrogen-bond donors (Lipinski definition) is 1. The van der Waals surface area contributed by atoms with Crippen molar-refractivity contribution in [2.24, 2.45) is 10.2 Å². The molecule has 140 valence electrons. The number of fused-ring (bicyclic) bond motifs is 1. The number of hydrogen-bond acceptors (Lipinski definition) is 3. The molecule has 0 fully saturated rings. The minimum absolute atomic E-state index is 0.327. The van der Waals surface area contributed by atoms with Gasteiger partial charge in [0.25, 0.3) is 5.91 Å². The molecule has 3 rings (SSSR count). The predicted molar refractivity (Wildman–Crippen MR) is 88.4 cm³/mol. The van der Waals surface area contributed by atoms with Gasteiger partial charge in [0.1, 0.15) is 11.4 Å². The van der Waals surface area contributed by atoms with Gasteiger partial charge in [-0.15, -0.1) is 5.11 Å². The zero-order valence-corrected chi connectivity index (χ0v) is 14.9. The molecule has 0 unspecified atom stereocenters. The Morgan fingerprint density at radius 3 is 2.46 bits per heavy atom. The van der Waals surface area contributed by atoms with Crippen molar-refractivity contribution in [3.05, 3.63) is 40.3 Å². The summed E-state index contributed by atoms with van der Waals surface area (Å²) in [7, 11) is 0. The molecule has 2 aliphatic rings. The summed E-state index contributed by atoms with van der Waals surface area (Å²) in [6, 6.07) is 2.62. The minimum Gasteiger partial charge on any atom is -0.322 e. The molecule has 0 radical (unpaired) electrons. The second kappa shape index (κ2) is 5.62. The smallest absolute Gasteiger partial charge is 0.322 e. The van der Waals surface area contributed by atoms with Crippen molar-refractivity contribution in [1.82, 2.24) is 0 Å². The number of amides is 1. The van der Waals surface area contributed by atoms with Crippen molar-refractivity contribution in [2.75, 3.05) is 5.32 Å². The van der Waals surface area contributed by atoms with Crippen LogP contribution in [-0.4, -0.2) is 17.6 Å². The molecule has 1 heterocycles. The van der Waals surface area contributed by atoms with E-state index in [1.165, 1.54) is 26.0 Å². The number of nitrogens with one attached hydrogen (secondary N) is 1. The van der Waals surface area contributed by atoms with E-state index < -0.39 is 34.3 Å². The molecular formula is C18H19F4N3O. The molecule has 1 aromatic carbocycles. The maximum atomic E-state index is 14.2. The number of nitrogens with zero attached hydrogens (tertiary/aromatic N) is 2. The first kappa shape index (κ1) is 18.5. The zero-order chi connectivity index (χ0) is 19.5. The van der Waals surface area contributed by atoms with E-state index in [1.54, 1.807) is 0 Å². The Morgan fingerprint density at radius 2 is 1.85 bits per heavy atom. The van der Waals surface area contributed by atoms with E-state index in [2.05, 4.69) is 15.5 Å². The van der Waals surface area contributed by atoms with Gasteiger partial charge >= 0.3 is 6.18 Å². The predicted octanol–water partition coefficient (Wildman–Crippen LogP) is 5.05. The molecule has 0 saturated heterocycles. The highest BCUT2D eigenvalue weighted by atomic mass is 19.4. The van der Waals surface area contributed by atoms with Gasteiger partial charge in [-0.25, -0.2) is 4.39 Å². The third-order valence-corrected chi connectivity index (χ3v) is 4.93. The van der Waals surface area contributed by atoms with E-state index in [1.807, 2.05) is 13.8 Å². The lowest BCUT2D eigenvalue weighted by Crippen LogP contribution is -2.31. The number of azo groups is 1. The molecule has 0 saturated carbocycles. The second-order valence-corrected chi connectivity index (χ2v) is 7.77. The summed E-state index contributed by atoms with van der Waals surface area (Å²) >= 11 is 0. The normalized spacial score (nSPS) is 20.5. The molecule has 1 amide bonds. The van der Waals surface area contributed by atoms with Gasteiger partial charge in [-0.2, -0.15) is 18.3 Å². The van der Waals surface area contributed by atoms with E-state index in [-0.39, 0.29) is 5.82 Å². The van der Waals surface area contributed by atoms with E-state index in [0.29, 0.717) is 29.7 Å². The van der Waals surface area contributed by atoms with Crippen LogP contribution in [0.4, 0.5) is 23.2 Å². The van der Waals surface area contributed by atoms with Crippen LogP contribution in [0.3, 0.4) is 0 Å². The number of alkyl halides is 3. The van der Waals surface area contributed by atoms with Crippen molar-refractivity contribution < 1.29 is 22.4 Å². The molecule has 1 aliphatic heterocycles. The number of halogens is 4. The van der Waals surface area contributed by atoms with Crippen LogP contribution in [0.15, 0.2) is 33.6 Å². The van der Waals surface area contributed by atoms with Gasteiger partial charge in [-0.05, 0) is 55.4 Å². The molecule has 26 heavy (non-hydrogen) atoms. The Hall–Kier alpha value is -2.25. The van der Waals surface area contributed by atoms with E-state index in [0.717, 1.165) is 0 Å². The van der Waals surface area contributed by atoms with Crippen molar-refractivity contribution >= 4 is 11.6 Å². The first-order valence-corrected chi connectivity index (χ1v) is 8.23. The van der Waals surface area contributed by atoms with Crippen molar-refractivity contribution in [3.63, 3.8) is 0 Å². The Balaban J connectivity index is 2.01. The molecule has 1 N–H and O–H groups in total. The number of anilines is 1. The molecule has 1 aliphatic carbocycles. The molecule has 0 aromatic heterocycles. The molecular weight excluding hydrogens is 350 g/mol. The molecule has 8 heteroatoms. The van der Waals surface area contributed by atoms with Crippen LogP contribution in [0.1, 0.15) is 45.2 Å². The van der Waals surface area contributed by atoms with Gasteiger partial charge in [-0.3, -0.25) is 4.79 Å². The third kappa shape index (κ3) is 2.91. The first-order chi connectivity index (χ1) is 11.8. The SMILES string of the molecule is CC1(C)N=NC(C(F)(F)F)=C1C(=O)Nc1ccc(F)c2c1CCC2(C)C. The van der Waals surface area contributed by atoms with Crippen LogP contribution in [0.2, 0.25) is 0 Å². The van der Waals surface area contributed by atoms with Crippen LogP contribution in [-0.2, 0) is 16.6 Å². The van der Waals surface area contributed by atoms with Crippen LogP contribution in [0.5, 0.6) is 0 Å². The van der Waals surface area contributed by atoms with Crippen molar-refractivity contribution in [3.8, 4) is 0 Å². The third-order valence-electron chi connectivity index (χ3n) is 4.93. The summed E-state index contributed by atoms with van der Waals surface area (Å²) in [6.45, 7) is 6.58. The minimum atomic E-state index is -4.78. The summed E-state index contributed by atoms with van der Waals surface area (Å²) in [5.41, 5.74) is -2.17. The fraction of sp³-hybridized carbons (Fsp3) is 0.500. The monoisotopic (exact) mass is 369 g/mol. The zero-order valence-electron chi connectivity index (χ0n) is 14.9. The van der Waals surface area contributed by atoms with Crippen molar-refractivity contribution in [1.29, 1.82) is 0 Å². The lowest BCUT2D eigenvalue weighted by Gasteiger charge is -2.22. The highest BCUT2D eigenvalue weighted by Crippen LogP contribution is 2.44. The Labute approximate surface area is 148 Å². The summed E-state index contributed by atoms with van der Waals surface area (Å²) in [4.78, 5) is 12.7. The Bertz CT molecular complexity index is 851. The summed E-state index contributed by atoms with van der Waals surface area (Å²) in [5.74, 6) is -1.30. The fourth-order valence-corrected chi connectivity index (χ4v) is 3.62. The van der Waals surface area contributed by atoms with Gasteiger partial charge in [-0.1, -0.05) is 13.8 Å². The van der Waals surface area contributed by atoms with E-state index in [9.17, 15) is 22.4 Å². The largest absolute Gasteiger partial charge is 0.435 e. The lowest BCUT2D eigenvalue weighted by atomic mass is 9.86. The van der Waals surface area contributed by atoms with Gasteiger partial charge in [0, 0.05) is 5.69 Å². The highest BCUT2D eigenvalue weighted by molar-refractivity contribution is 6.06. The highest BCUT2D eigenvalue weighted by Gasteiger charge is 2.48. The van der Waals surface area contributed by atoms with Crippen LogP contribution in [0, 0.1) is 5.82 Å². The fourth-order valence-electron chi connectivity index (χ4n) is 3.62. The van der Waals surface area contributed by atoms with E-state index >= 15 is 0 Å². The number of benzene rings is 1. The quantitative estimate of drug-likeness (QED) is 0.729. The summed E-state index contributed by atoms with van der Waals surface area (Å²) in [6.07, 6.45) is -3.55. The number of carbonyl (C=O) groups is 1. The van der Waals surface area contributed by atoms with E-state index in [4.69, 9.17) is 0 Å². The van der Waals surface area contributed by atoms with Crippen LogP contribution in [0.25, 0.3) is 0 Å². The molecule has 0 atom stereocenters. The van der Waals surface area contributed by atoms with Crippen LogP contribution >= 0.6 is 0 Å². The maximum Gasteiger partial charge on any atom is 0.435 e. The van der Waals surface area contributed by atoms with Crippen molar-refractivity contribution in [2.45, 2.75) is 57.7 Å². The molecule has 1 aromatic rings. The Morgan fingerprint density at radius 1 is 1.19 bits per heavy atom. The number of rotatable bonds is 2. The van der Waals surface area contributed by atoms with Crippen LogP contribution < -0.4 is 5.32 Å². The second-order valence-electron chi connectivity index (χ2n) is 7.77. The average Bonchev–Trinajstić information content (AvgIpc) is 2.98. The topological polar surface area (TPSA) is 53.8 Å². The number of allylic oxidation sites excluding steroid dienone is 1. The first-order valence-electron chi connectivity index (χ1n) is 8.23. The molecule has 0 spiro atoms. The lowest BCUT2D eigenvalue weighted by molar-refractivity contribution is -0.115. The summed E-state index contributed by atoms with van der Waals surface area (Å²) in [5, 5.41) is 9.28. The standard InChI is InChI=1S/C18H19F4N3O/c1-16(2)8-7-9-11(6-5-10(19)12(9)16)23-15(26)13-14(18(20,21)22)24-25-17(13,3)4/h5-6H,7-8H2,1-4H3,(H,23,26). The average molecular weight is 369 g/mol. The van der Waals surface area contributed by atoms with Gasteiger partial charge in [0.2, 0.25) is 0 Å². The van der Waals surface area contributed by atoms with Gasteiger partial charge < -0.3 is 5.32 Å². The maximum absolute atomic E-state index is 14.2. The molecule has 0 bridgehead atoms. The number of carbonyl (C=O) groups excluding carboxylic acids is 1. The summed E-state index contributed by atoms with van der Waals surface area (Å²) < 4.78 is 53.8.